The SMILES string of the molecule is C=C(CC)/C(=C\C)S(=O)(=O)NC(C)(C)C. The van der Waals surface area contributed by atoms with Gasteiger partial charge in [0.2, 0.25) is 10.0 Å². The Morgan fingerprint density at radius 1 is 1.40 bits per heavy atom. The quantitative estimate of drug-likeness (QED) is 0.756. The maximum Gasteiger partial charge on any atom is 0.240 e. The van der Waals surface area contributed by atoms with Crippen molar-refractivity contribution in [3.05, 3.63) is 23.1 Å². The van der Waals surface area contributed by atoms with Crippen molar-refractivity contribution >= 4 is 10.0 Å². The second kappa shape index (κ2) is 4.94. The smallest absolute Gasteiger partial charge is 0.207 e. The minimum Gasteiger partial charge on any atom is -0.207 e. The molecule has 0 atom stereocenters. The molecule has 3 nitrogen and oxygen atoms in total. The monoisotopic (exact) mass is 231 g/mol. The molecular formula is C11H21NO2S. The molecule has 0 rings (SSSR count). The zero-order valence-electron chi connectivity index (χ0n) is 10.2. The van der Waals surface area contributed by atoms with Crippen molar-refractivity contribution in [1.29, 1.82) is 0 Å². The van der Waals surface area contributed by atoms with Gasteiger partial charge in [-0.3, -0.25) is 0 Å². The lowest BCUT2D eigenvalue weighted by Gasteiger charge is -2.22. The Hall–Kier alpha value is -0.610. The summed E-state index contributed by atoms with van der Waals surface area (Å²) in [6, 6.07) is 0. The van der Waals surface area contributed by atoms with Gasteiger partial charge in [0.15, 0.2) is 0 Å². The first-order valence-corrected chi connectivity index (χ1v) is 6.50. The second-order valence-electron chi connectivity index (χ2n) is 4.47. The first-order valence-electron chi connectivity index (χ1n) is 5.02. The van der Waals surface area contributed by atoms with Crippen LogP contribution < -0.4 is 4.72 Å². The first-order chi connectivity index (χ1) is 6.64. The molecule has 15 heavy (non-hydrogen) atoms. The normalized spacial score (nSPS) is 14.1. The summed E-state index contributed by atoms with van der Waals surface area (Å²) in [4.78, 5) is 0.292. The van der Waals surface area contributed by atoms with Crippen molar-refractivity contribution in [2.45, 2.75) is 46.6 Å². The summed E-state index contributed by atoms with van der Waals surface area (Å²) in [5.41, 5.74) is 0.162. The van der Waals surface area contributed by atoms with Crippen LogP contribution in [0.15, 0.2) is 23.1 Å². The fraction of sp³-hybridized carbons (Fsp3) is 0.636. The van der Waals surface area contributed by atoms with Crippen LogP contribution >= 0.6 is 0 Å². The lowest BCUT2D eigenvalue weighted by Crippen LogP contribution is -2.41. The molecule has 4 heteroatoms. The standard InChI is InChI=1S/C11H21NO2S/c1-7-9(3)10(8-2)15(13,14)12-11(4,5)6/h8,12H,3,7H2,1-2,4-6H3/b10-8+. The van der Waals surface area contributed by atoms with Gasteiger partial charge in [-0.1, -0.05) is 19.6 Å². The van der Waals surface area contributed by atoms with Crippen LogP contribution in [0, 0.1) is 0 Å². The highest BCUT2D eigenvalue weighted by atomic mass is 32.2. The average Bonchev–Trinajstić information content (AvgIpc) is 1.99. The van der Waals surface area contributed by atoms with Crippen molar-refractivity contribution in [2.75, 3.05) is 0 Å². The molecule has 1 N–H and O–H groups in total. The van der Waals surface area contributed by atoms with Gasteiger partial charge < -0.3 is 0 Å². The molecule has 0 amide bonds. The van der Waals surface area contributed by atoms with Crippen molar-refractivity contribution < 1.29 is 8.42 Å². The van der Waals surface area contributed by atoms with Crippen molar-refractivity contribution in [3.63, 3.8) is 0 Å². The van der Waals surface area contributed by atoms with Gasteiger partial charge in [-0.15, -0.1) is 0 Å². The molecular weight excluding hydrogens is 210 g/mol. The molecule has 0 aliphatic carbocycles. The molecule has 0 unspecified atom stereocenters. The van der Waals surface area contributed by atoms with E-state index in [1.165, 1.54) is 0 Å². The van der Waals surface area contributed by atoms with Crippen LogP contribution in [-0.2, 0) is 10.0 Å². The molecule has 0 saturated heterocycles. The van der Waals surface area contributed by atoms with Crippen molar-refractivity contribution in [3.8, 4) is 0 Å². The molecule has 0 spiro atoms. The van der Waals surface area contributed by atoms with Crippen LogP contribution in [0.4, 0.5) is 0 Å². The second-order valence-corrected chi connectivity index (χ2v) is 6.12. The van der Waals surface area contributed by atoms with Gasteiger partial charge in [0.1, 0.15) is 0 Å². The predicted molar refractivity (Wildman–Crippen MR) is 65.0 cm³/mol. The average molecular weight is 231 g/mol. The summed E-state index contributed by atoms with van der Waals surface area (Å²) >= 11 is 0. The summed E-state index contributed by atoms with van der Waals surface area (Å²) in [7, 11) is -3.43. The van der Waals surface area contributed by atoms with Gasteiger partial charge in [0, 0.05) is 5.54 Å². The number of nitrogens with one attached hydrogen (secondary N) is 1. The fourth-order valence-corrected chi connectivity index (χ4v) is 2.93. The van der Waals surface area contributed by atoms with E-state index in [1.54, 1.807) is 13.0 Å². The third-order valence-electron chi connectivity index (χ3n) is 1.77. The number of sulfonamides is 1. The maximum absolute atomic E-state index is 11.9. The molecule has 0 aliphatic heterocycles. The molecule has 0 heterocycles. The van der Waals surface area contributed by atoms with Crippen molar-refractivity contribution in [2.24, 2.45) is 0 Å². The minimum atomic E-state index is -3.43. The maximum atomic E-state index is 11.9. The molecule has 0 aliphatic rings. The van der Waals surface area contributed by atoms with Gasteiger partial charge >= 0.3 is 0 Å². The van der Waals surface area contributed by atoms with E-state index in [-0.39, 0.29) is 0 Å². The van der Waals surface area contributed by atoms with Crippen LogP contribution in [0.1, 0.15) is 41.0 Å². The van der Waals surface area contributed by atoms with Gasteiger partial charge in [0.25, 0.3) is 0 Å². The zero-order chi connectivity index (χ0) is 12.3. The lowest BCUT2D eigenvalue weighted by atomic mass is 10.1. The van der Waals surface area contributed by atoms with Gasteiger partial charge in [-0.05, 0) is 39.7 Å². The summed E-state index contributed by atoms with van der Waals surface area (Å²) in [6.45, 7) is 12.8. The predicted octanol–water partition coefficient (Wildman–Crippen LogP) is 2.57. The largest absolute Gasteiger partial charge is 0.240 e. The van der Waals surface area contributed by atoms with E-state index < -0.39 is 15.6 Å². The lowest BCUT2D eigenvalue weighted by molar-refractivity contribution is 0.495. The number of allylic oxidation sites excluding steroid dienone is 2. The number of rotatable bonds is 4. The Kier molecular flexibility index (Phi) is 4.74. The topological polar surface area (TPSA) is 46.2 Å². The Labute approximate surface area is 93.3 Å². The third-order valence-corrected chi connectivity index (χ3v) is 3.75. The molecule has 0 saturated carbocycles. The minimum absolute atomic E-state index is 0.292. The molecule has 0 aromatic heterocycles. The van der Waals surface area contributed by atoms with Gasteiger partial charge in [-0.2, -0.15) is 0 Å². The van der Waals surface area contributed by atoms with Crippen molar-refractivity contribution in [1.82, 2.24) is 4.72 Å². The Morgan fingerprint density at radius 3 is 2.13 bits per heavy atom. The summed E-state index contributed by atoms with van der Waals surface area (Å²) in [6.07, 6.45) is 2.21. The van der Waals surface area contributed by atoms with E-state index in [0.717, 1.165) is 0 Å². The zero-order valence-corrected chi connectivity index (χ0v) is 11.0. The van der Waals surface area contributed by atoms with E-state index in [2.05, 4.69) is 11.3 Å². The summed E-state index contributed by atoms with van der Waals surface area (Å²) < 4.78 is 26.5. The molecule has 0 bridgehead atoms. The summed E-state index contributed by atoms with van der Waals surface area (Å²) in [5.74, 6) is 0. The number of hydrogen-bond acceptors (Lipinski definition) is 2. The highest BCUT2D eigenvalue weighted by Crippen LogP contribution is 2.19. The molecule has 0 radical (unpaired) electrons. The van der Waals surface area contributed by atoms with Crippen LogP contribution in [0.2, 0.25) is 0 Å². The highest BCUT2D eigenvalue weighted by molar-refractivity contribution is 7.93. The Morgan fingerprint density at radius 2 is 1.87 bits per heavy atom. The Bertz CT molecular complexity index is 359. The van der Waals surface area contributed by atoms with Crippen LogP contribution in [-0.4, -0.2) is 14.0 Å². The highest BCUT2D eigenvalue weighted by Gasteiger charge is 2.24. The third kappa shape index (κ3) is 4.62. The van der Waals surface area contributed by atoms with Crippen LogP contribution in [0.25, 0.3) is 0 Å². The van der Waals surface area contributed by atoms with Gasteiger partial charge in [-0.25, -0.2) is 13.1 Å². The Balaban J connectivity index is 5.12. The molecule has 0 fully saturated rings. The van der Waals surface area contributed by atoms with E-state index >= 15 is 0 Å². The molecule has 0 aromatic rings. The van der Waals surface area contributed by atoms with Crippen LogP contribution in [0.5, 0.6) is 0 Å². The van der Waals surface area contributed by atoms with E-state index in [4.69, 9.17) is 0 Å². The summed E-state index contributed by atoms with van der Waals surface area (Å²) in [5, 5.41) is 0. The van der Waals surface area contributed by atoms with E-state index in [0.29, 0.717) is 16.9 Å². The van der Waals surface area contributed by atoms with E-state index in [1.807, 2.05) is 27.7 Å². The molecule has 88 valence electrons. The fourth-order valence-electron chi connectivity index (χ4n) is 1.18. The van der Waals surface area contributed by atoms with Crippen LogP contribution in [0.3, 0.4) is 0 Å². The number of hydrogen-bond donors (Lipinski definition) is 1. The molecule has 0 aromatic carbocycles. The van der Waals surface area contributed by atoms with E-state index in [9.17, 15) is 8.42 Å². The first kappa shape index (κ1) is 14.4. The van der Waals surface area contributed by atoms with Gasteiger partial charge in [0.05, 0.1) is 4.91 Å².